The molecule has 0 aromatic carbocycles. The van der Waals surface area contributed by atoms with Crippen molar-refractivity contribution in [3.63, 3.8) is 0 Å². The lowest BCUT2D eigenvalue weighted by atomic mass is 9.90. The van der Waals surface area contributed by atoms with Crippen molar-refractivity contribution in [3.05, 3.63) is 0 Å². The van der Waals surface area contributed by atoms with E-state index in [0.717, 1.165) is 12.8 Å². The maximum absolute atomic E-state index is 5.98. The van der Waals surface area contributed by atoms with Gasteiger partial charge in [0.2, 0.25) is 0 Å². The molecular formula is C7H12Cl2. The summed E-state index contributed by atoms with van der Waals surface area (Å²) >= 11 is 11.9. The Bertz CT molecular complexity index is 92.9. The van der Waals surface area contributed by atoms with E-state index in [9.17, 15) is 0 Å². The van der Waals surface area contributed by atoms with Crippen LogP contribution in [0, 0.1) is 5.92 Å². The number of hydrogen-bond donors (Lipinski definition) is 0. The second kappa shape index (κ2) is 3.12. The standard InChI is InChI=1S/C7H12Cl2/c1-5-2-3-6(8)4-7(5)9/h5-7H,2-4H2,1H3/t5-,6+,7?/m1/s1. The fourth-order valence-electron chi connectivity index (χ4n) is 1.22. The van der Waals surface area contributed by atoms with E-state index in [1.807, 2.05) is 0 Å². The summed E-state index contributed by atoms with van der Waals surface area (Å²) in [5, 5.41) is 0.657. The van der Waals surface area contributed by atoms with E-state index in [4.69, 9.17) is 23.2 Å². The van der Waals surface area contributed by atoms with Gasteiger partial charge in [0.15, 0.2) is 0 Å². The minimum Gasteiger partial charge on any atom is -0.123 e. The van der Waals surface area contributed by atoms with Crippen LogP contribution in [0.2, 0.25) is 0 Å². The first-order chi connectivity index (χ1) is 4.20. The summed E-state index contributed by atoms with van der Waals surface area (Å²) in [5.41, 5.74) is 0. The van der Waals surface area contributed by atoms with Gasteiger partial charge in [-0.3, -0.25) is 0 Å². The van der Waals surface area contributed by atoms with Gasteiger partial charge in [-0.1, -0.05) is 6.92 Å². The number of rotatable bonds is 0. The van der Waals surface area contributed by atoms with E-state index in [1.165, 1.54) is 6.42 Å². The molecule has 1 saturated carbocycles. The predicted molar refractivity (Wildman–Crippen MR) is 42.3 cm³/mol. The molecular weight excluding hydrogens is 155 g/mol. The number of hydrogen-bond acceptors (Lipinski definition) is 0. The smallest absolute Gasteiger partial charge is 0.0375 e. The minimum atomic E-state index is 0.321. The Morgan fingerprint density at radius 1 is 1.22 bits per heavy atom. The Morgan fingerprint density at radius 2 is 1.89 bits per heavy atom. The SMILES string of the molecule is C[C@@H]1CC[C@H](Cl)CC1Cl. The van der Waals surface area contributed by atoms with E-state index in [-0.39, 0.29) is 0 Å². The lowest BCUT2D eigenvalue weighted by Gasteiger charge is -2.26. The summed E-state index contributed by atoms with van der Waals surface area (Å²) in [4.78, 5) is 0. The third-order valence-corrected chi connectivity index (χ3v) is 3.04. The molecule has 0 amide bonds. The van der Waals surface area contributed by atoms with Crippen LogP contribution in [0.1, 0.15) is 26.2 Å². The lowest BCUT2D eigenvalue weighted by molar-refractivity contribution is 0.397. The van der Waals surface area contributed by atoms with Crippen LogP contribution in [-0.2, 0) is 0 Å². The van der Waals surface area contributed by atoms with Crippen LogP contribution in [0.4, 0.5) is 0 Å². The van der Waals surface area contributed by atoms with Crippen LogP contribution in [0.15, 0.2) is 0 Å². The summed E-state index contributed by atoms with van der Waals surface area (Å²) in [6, 6.07) is 0. The molecule has 1 aliphatic carbocycles. The highest BCUT2D eigenvalue weighted by atomic mass is 35.5. The van der Waals surface area contributed by atoms with Gasteiger partial charge in [0.1, 0.15) is 0 Å². The molecule has 0 aliphatic heterocycles. The van der Waals surface area contributed by atoms with Crippen molar-refractivity contribution in [3.8, 4) is 0 Å². The van der Waals surface area contributed by atoms with Crippen LogP contribution in [0.5, 0.6) is 0 Å². The van der Waals surface area contributed by atoms with Crippen LogP contribution < -0.4 is 0 Å². The van der Waals surface area contributed by atoms with Crippen molar-refractivity contribution in [2.24, 2.45) is 5.92 Å². The summed E-state index contributed by atoms with van der Waals surface area (Å²) in [7, 11) is 0. The fourth-order valence-corrected chi connectivity index (χ4v) is 1.97. The van der Waals surface area contributed by atoms with E-state index in [1.54, 1.807) is 0 Å². The van der Waals surface area contributed by atoms with Crippen molar-refractivity contribution >= 4 is 23.2 Å². The van der Waals surface area contributed by atoms with Crippen molar-refractivity contribution in [2.75, 3.05) is 0 Å². The molecule has 0 nitrogen and oxygen atoms in total. The van der Waals surface area contributed by atoms with Gasteiger partial charge in [-0.25, -0.2) is 0 Å². The molecule has 0 saturated heterocycles. The first-order valence-corrected chi connectivity index (χ1v) is 4.35. The Labute approximate surface area is 66.5 Å². The van der Waals surface area contributed by atoms with Gasteiger partial charge in [-0.15, -0.1) is 23.2 Å². The topological polar surface area (TPSA) is 0 Å². The summed E-state index contributed by atoms with van der Waals surface area (Å²) < 4.78 is 0. The van der Waals surface area contributed by atoms with Gasteiger partial charge in [-0.05, 0) is 25.2 Å². The summed E-state index contributed by atoms with van der Waals surface area (Å²) in [5.74, 6) is 0.668. The first kappa shape index (κ1) is 7.68. The Hall–Kier alpha value is 0.580. The molecule has 54 valence electrons. The van der Waals surface area contributed by atoms with Crippen LogP contribution >= 0.6 is 23.2 Å². The third-order valence-electron chi connectivity index (χ3n) is 2.03. The van der Waals surface area contributed by atoms with Crippen molar-refractivity contribution in [1.82, 2.24) is 0 Å². The zero-order valence-electron chi connectivity index (χ0n) is 5.61. The average molecular weight is 167 g/mol. The molecule has 0 radical (unpaired) electrons. The van der Waals surface area contributed by atoms with Gasteiger partial charge < -0.3 is 0 Å². The van der Waals surface area contributed by atoms with E-state index < -0.39 is 0 Å². The number of halogens is 2. The minimum absolute atomic E-state index is 0.321. The largest absolute Gasteiger partial charge is 0.123 e. The molecule has 1 aliphatic rings. The predicted octanol–water partition coefficient (Wildman–Crippen LogP) is 3.02. The molecule has 9 heavy (non-hydrogen) atoms. The van der Waals surface area contributed by atoms with Gasteiger partial charge in [0.25, 0.3) is 0 Å². The molecule has 3 atom stereocenters. The molecule has 1 rings (SSSR count). The quantitative estimate of drug-likeness (QED) is 0.486. The molecule has 0 aromatic heterocycles. The van der Waals surface area contributed by atoms with Gasteiger partial charge in [0.05, 0.1) is 0 Å². The number of alkyl halides is 2. The zero-order valence-corrected chi connectivity index (χ0v) is 7.12. The molecule has 0 bridgehead atoms. The monoisotopic (exact) mass is 166 g/mol. The molecule has 0 heterocycles. The van der Waals surface area contributed by atoms with Gasteiger partial charge in [-0.2, -0.15) is 0 Å². The Kier molecular flexibility index (Phi) is 2.66. The highest BCUT2D eigenvalue weighted by molar-refractivity contribution is 6.23. The molecule has 1 fully saturated rings. The maximum Gasteiger partial charge on any atom is 0.0375 e. The van der Waals surface area contributed by atoms with Crippen LogP contribution in [0.25, 0.3) is 0 Å². The van der Waals surface area contributed by atoms with Crippen molar-refractivity contribution in [2.45, 2.75) is 36.9 Å². The lowest BCUT2D eigenvalue weighted by Crippen LogP contribution is -2.23. The van der Waals surface area contributed by atoms with E-state index in [0.29, 0.717) is 16.7 Å². The van der Waals surface area contributed by atoms with Crippen LogP contribution in [0.3, 0.4) is 0 Å². The highest BCUT2D eigenvalue weighted by Crippen LogP contribution is 2.30. The molecule has 2 heteroatoms. The zero-order chi connectivity index (χ0) is 6.85. The second-order valence-electron chi connectivity index (χ2n) is 2.90. The van der Waals surface area contributed by atoms with Crippen LogP contribution in [-0.4, -0.2) is 10.8 Å². The molecule has 0 aromatic rings. The fraction of sp³-hybridized carbons (Fsp3) is 1.00. The summed E-state index contributed by atoms with van der Waals surface area (Å²) in [6.07, 6.45) is 3.33. The van der Waals surface area contributed by atoms with Gasteiger partial charge in [0, 0.05) is 10.8 Å². The molecule has 0 N–H and O–H groups in total. The molecule has 0 spiro atoms. The second-order valence-corrected chi connectivity index (χ2v) is 4.08. The van der Waals surface area contributed by atoms with Crippen molar-refractivity contribution < 1.29 is 0 Å². The van der Waals surface area contributed by atoms with E-state index in [2.05, 4.69) is 6.92 Å². The third kappa shape index (κ3) is 2.01. The maximum atomic E-state index is 5.98. The van der Waals surface area contributed by atoms with Gasteiger partial charge >= 0.3 is 0 Å². The first-order valence-electron chi connectivity index (χ1n) is 3.48. The van der Waals surface area contributed by atoms with Crippen molar-refractivity contribution in [1.29, 1.82) is 0 Å². The average Bonchev–Trinajstić information content (AvgIpc) is 1.80. The summed E-state index contributed by atoms with van der Waals surface area (Å²) in [6.45, 7) is 2.19. The Morgan fingerprint density at radius 3 is 2.33 bits per heavy atom. The van der Waals surface area contributed by atoms with E-state index >= 15 is 0 Å². The molecule has 1 unspecified atom stereocenters. The normalized spacial score (nSPS) is 45.0. The highest BCUT2D eigenvalue weighted by Gasteiger charge is 2.24. The Balaban J connectivity index is 2.35.